The van der Waals surface area contributed by atoms with E-state index in [1.165, 1.54) is 25.4 Å². The number of nitrogens with zero attached hydrogens (tertiary/aromatic N) is 4. The van der Waals surface area contributed by atoms with Crippen LogP contribution in [-0.2, 0) is 28.3 Å². The molecule has 36 heavy (non-hydrogen) atoms. The number of hydrogen-bond acceptors (Lipinski definition) is 7. The second-order valence-electron chi connectivity index (χ2n) is 10.4. The van der Waals surface area contributed by atoms with Crippen LogP contribution in [0.15, 0.2) is 35.7 Å². The molecule has 4 rings (SSSR count). The largest absolute Gasteiger partial charge is 0.488 e. The Bertz CT molecular complexity index is 1180. The molecule has 0 spiro atoms. The highest BCUT2D eigenvalue weighted by atomic mass is 32.2. The van der Waals surface area contributed by atoms with Crippen molar-refractivity contribution in [3.05, 3.63) is 36.3 Å². The smallest absolute Gasteiger partial charge is 0.280 e. The lowest BCUT2D eigenvalue weighted by molar-refractivity contribution is -0.134. The maximum Gasteiger partial charge on any atom is 0.280 e. The molecule has 0 unspecified atom stereocenters. The molecule has 3 atom stereocenters. The van der Waals surface area contributed by atoms with Gasteiger partial charge in [0.2, 0.25) is 5.91 Å². The van der Waals surface area contributed by atoms with Gasteiger partial charge in [0.25, 0.3) is 10.0 Å². The molecule has 10 nitrogen and oxygen atoms in total. The number of rotatable bonds is 9. The number of imidazole rings is 1. The summed E-state index contributed by atoms with van der Waals surface area (Å²) in [5.41, 5.74) is 0.924. The van der Waals surface area contributed by atoms with E-state index in [1.807, 2.05) is 6.92 Å². The van der Waals surface area contributed by atoms with Crippen molar-refractivity contribution < 1.29 is 23.1 Å². The lowest BCUT2D eigenvalue weighted by Crippen LogP contribution is -2.47. The Labute approximate surface area is 213 Å². The second-order valence-corrected chi connectivity index (χ2v) is 12.0. The molecule has 1 amide bonds. The average Bonchev–Trinajstić information content (AvgIpc) is 3.51. The number of aliphatic hydroxyl groups is 1. The maximum atomic E-state index is 13.3. The van der Waals surface area contributed by atoms with Crippen molar-refractivity contribution >= 4 is 21.6 Å². The summed E-state index contributed by atoms with van der Waals surface area (Å²) in [5, 5.41) is 9.71. The molecule has 2 heterocycles. The summed E-state index contributed by atoms with van der Waals surface area (Å²) in [7, 11) is -0.0928. The van der Waals surface area contributed by atoms with E-state index in [1.54, 1.807) is 34.7 Å². The third-order valence-electron chi connectivity index (χ3n) is 6.88. The zero-order valence-electron chi connectivity index (χ0n) is 21.4. The fourth-order valence-electron chi connectivity index (χ4n) is 4.57. The molecular formula is C25H37N5O5S. The minimum Gasteiger partial charge on any atom is -0.488 e. The monoisotopic (exact) mass is 519 g/mol. The van der Waals surface area contributed by atoms with Crippen LogP contribution < -0.4 is 9.46 Å². The number of aryl methyl sites for hydroxylation is 1. The van der Waals surface area contributed by atoms with Crippen LogP contribution in [0.2, 0.25) is 0 Å². The van der Waals surface area contributed by atoms with Crippen LogP contribution in [0.4, 0.5) is 5.69 Å². The molecule has 1 aliphatic heterocycles. The van der Waals surface area contributed by atoms with Crippen LogP contribution in [-0.4, -0.2) is 84.2 Å². The number of likely N-dealkylation sites (N-methyl/N-ethyl adjacent to an activating group) is 1. The summed E-state index contributed by atoms with van der Waals surface area (Å²) in [6, 6.07) is 4.68. The van der Waals surface area contributed by atoms with E-state index in [2.05, 4.69) is 28.6 Å². The van der Waals surface area contributed by atoms with Gasteiger partial charge in [-0.15, -0.1) is 0 Å². The van der Waals surface area contributed by atoms with Gasteiger partial charge >= 0.3 is 0 Å². The molecule has 198 valence electrons. The Kier molecular flexibility index (Phi) is 7.91. The number of amides is 1. The van der Waals surface area contributed by atoms with Gasteiger partial charge in [0.15, 0.2) is 5.03 Å². The van der Waals surface area contributed by atoms with Crippen LogP contribution in [0.1, 0.15) is 32.3 Å². The Morgan fingerprint density at radius 3 is 2.69 bits per heavy atom. The highest BCUT2D eigenvalue weighted by Gasteiger charge is 2.32. The number of carbonyl (C=O) groups excluding carboxylic acids is 1. The fraction of sp³-hybridized carbons (Fsp3) is 0.600. The number of sulfonamides is 1. The van der Waals surface area contributed by atoms with Crippen LogP contribution in [0.25, 0.3) is 0 Å². The van der Waals surface area contributed by atoms with Gasteiger partial charge in [0.05, 0.1) is 25.4 Å². The van der Waals surface area contributed by atoms with Gasteiger partial charge in [-0.25, -0.2) is 4.98 Å². The molecule has 1 fully saturated rings. The van der Waals surface area contributed by atoms with E-state index in [0.717, 1.165) is 12.5 Å². The second kappa shape index (κ2) is 10.8. The number of aromatic nitrogens is 2. The molecule has 1 aromatic carbocycles. The lowest BCUT2D eigenvalue weighted by Gasteiger charge is -2.34. The zero-order chi connectivity index (χ0) is 26.0. The number of fused-ring (bicyclic) bond motifs is 1. The first-order valence-electron chi connectivity index (χ1n) is 12.4. The van der Waals surface area contributed by atoms with Gasteiger partial charge in [-0.2, -0.15) is 8.42 Å². The van der Waals surface area contributed by atoms with E-state index >= 15 is 0 Å². The predicted molar refractivity (Wildman–Crippen MR) is 136 cm³/mol. The minimum atomic E-state index is -3.88. The highest BCUT2D eigenvalue weighted by Crippen LogP contribution is 2.32. The molecule has 2 aromatic rings. The summed E-state index contributed by atoms with van der Waals surface area (Å²) in [4.78, 5) is 21.3. The average molecular weight is 520 g/mol. The Morgan fingerprint density at radius 2 is 2.06 bits per heavy atom. The molecule has 0 radical (unpaired) electrons. The number of ether oxygens (including phenoxy) is 1. The molecule has 11 heteroatoms. The topological polar surface area (TPSA) is 117 Å². The summed E-state index contributed by atoms with van der Waals surface area (Å²) < 4.78 is 36.2. The van der Waals surface area contributed by atoms with Gasteiger partial charge in [0.1, 0.15) is 11.9 Å². The Balaban J connectivity index is 1.63. The van der Waals surface area contributed by atoms with Crippen LogP contribution in [0.5, 0.6) is 5.75 Å². The van der Waals surface area contributed by atoms with Crippen molar-refractivity contribution in [3.63, 3.8) is 0 Å². The quantitative estimate of drug-likeness (QED) is 0.518. The van der Waals surface area contributed by atoms with Gasteiger partial charge in [-0.3, -0.25) is 9.52 Å². The predicted octanol–water partition coefficient (Wildman–Crippen LogP) is 1.71. The van der Waals surface area contributed by atoms with Crippen molar-refractivity contribution in [2.45, 2.75) is 50.3 Å². The SMILES string of the molecule is C[C@@H]1CN([C@@H](C)CO)C(=O)Cc2cc(NS(=O)(=O)c3cn(C)cn3)ccc2O[C@@H]1CN(C)CC1CC1. The number of anilines is 1. The van der Waals surface area contributed by atoms with Crippen molar-refractivity contribution in [1.82, 2.24) is 19.4 Å². The van der Waals surface area contributed by atoms with Crippen molar-refractivity contribution in [2.75, 3.05) is 38.0 Å². The minimum absolute atomic E-state index is 0.0258. The molecule has 0 bridgehead atoms. The number of nitrogens with one attached hydrogen (secondary N) is 1. The summed E-state index contributed by atoms with van der Waals surface area (Å²) in [5.74, 6) is 1.21. The summed E-state index contributed by atoms with van der Waals surface area (Å²) in [6.07, 6.45) is 5.23. The Morgan fingerprint density at radius 1 is 1.31 bits per heavy atom. The number of carbonyl (C=O) groups is 1. The Hall–Kier alpha value is -2.63. The van der Waals surface area contributed by atoms with Crippen LogP contribution in [0.3, 0.4) is 0 Å². The zero-order valence-corrected chi connectivity index (χ0v) is 22.2. The molecule has 1 saturated carbocycles. The first kappa shape index (κ1) is 26.4. The van der Waals surface area contributed by atoms with Crippen molar-refractivity contribution in [3.8, 4) is 5.75 Å². The van der Waals surface area contributed by atoms with E-state index in [4.69, 9.17) is 4.74 Å². The van der Waals surface area contributed by atoms with Gasteiger partial charge in [0, 0.05) is 50.0 Å². The van der Waals surface area contributed by atoms with Crippen molar-refractivity contribution in [2.24, 2.45) is 18.9 Å². The summed E-state index contributed by atoms with van der Waals surface area (Å²) in [6.45, 7) is 5.96. The van der Waals surface area contributed by atoms with E-state index in [0.29, 0.717) is 30.1 Å². The van der Waals surface area contributed by atoms with E-state index in [9.17, 15) is 18.3 Å². The first-order valence-corrected chi connectivity index (χ1v) is 13.9. The maximum absolute atomic E-state index is 13.3. The summed E-state index contributed by atoms with van der Waals surface area (Å²) >= 11 is 0. The molecule has 0 saturated heterocycles. The molecule has 2 aliphatic rings. The molecule has 1 aliphatic carbocycles. The van der Waals surface area contributed by atoms with Crippen molar-refractivity contribution in [1.29, 1.82) is 0 Å². The number of hydrogen-bond donors (Lipinski definition) is 2. The van der Waals surface area contributed by atoms with E-state index < -0.39 is 10.0 Å². The first-order chi connectivity index (χ1) is 17.1. The molecule has 1 aromatic heterocycles. The van der Waals surface area contributed by atoms with Crippen LogP contribution >= 0.6 is 0 Å². The third kappa shape index (κ3) is 6.37. The molecule has 2 N–H and O–H groups in total. The highest BCUT2D eigenvalue weighted by molar-refractivity contribution is 7.92. The lowest BCUT2D eigenvalue weighted by atomic mass is 10.0. The van der Waals surface area contributed by atoms with E-state index in [-0.39, 0.29) is 42.0 Å². The number of benzene rings is 1. The normalized spacial score (nSPS) is 21.8. The van der Waals surface area contributed by atoms with Gasteiger partial charge in [-0.1, -0.05) is 6.92 Å². The van der Waals surface area contributed by atoms with Crippen LogP contribution in [0, 0.1) is 11.8 Å². The third-order valence-corrected chi connectivity index (χ3v) is 8.15. The standard InChI is InChI=1S/C25H37N5O5S/c1-17-11-30(18(2)15-31)25(32)10-20-9-21(27-36(33,34)24-14-29(4)16-26-24)7-8-22(20)35-23(17)13-28(3)12-19-5-6-19/h7-9,14,16-19,23,27,31H,5-6,10-13,15H2,1-4H3/t17-,18+,23-/m1/s1. The van der Waals surface area contributed by atoms with Gasteiger partial charge < -0.3 is 24.2 Å². The fourth-order valence-corrected chi connectivity index (χ4v) is 5.60. The number of aliphatic hydroxyl groups excluding tert-OH is 1. The van der Waals surface area contributed by atoms with Gasteiger partial charge in [-0.05, 0) is 50.9 Å². The molecular weight excluding hydrogens is 482 g/mol.